The molecular formula is C33H27ClF2N2O4. The molecule has 1 heterocycles. The molecule has 6 nitrogen and oxygen atoms in total. The largest absolute Gasteiger partial charge is 0.494 e. The zero-order chi connectivity index (χ0) is 30.0. The Bertz CT molecular complexity index is 1800. The van der Waals surface area contributed by atoms with Crippen LogP contribution in [0.5, 0.6) is 5.75 Å². The maximum Gasteiger partial charge on any atom is 0.336 e. The fourth-order valence-corrected chi connectivity index (χ4v) is 5.49. The molecule has 0 spiro atoms. The number of carboxylic acid groups (broad SMARTS) is 1. The smallest absolute Gasteiger partial charge is 0.336 e. The van der Waals surface area contributed by atoms with Gasteiger partial charge in [-0.3, -0.25) is 4.79 Å². The molecule has 2 N–H and O–H groups in total. The Morgan fingerprint density at radius 3 is 2.48 bits per heavy atom. The number of halogens is 3. The standard InChI is InChI=1S/C33H27ClF2N2O4/c1-3-5-19(18-8-11-21(35)12-9-18)15-29(39)20-10-13-22(24(14-20)33(40)41)31-23(6-4-7-25(31)34)32-37-27-16-26(36)30(42-2)17-28(27)38-32/h4,6-14,16-17,19H,3,5,15H2,1-2H3,(H,37,38)(H,40,41). The molecule has 4 aromatic carbocycles. The Hall–Kier alpha value is -4.56. The Morgan fingerprint density at radius 1 is 1.02 bits per heavy atom. The highest BCUT2D eigenvalue weighted by molar-refractivity contribution is 6.34. The average Bonchev–Trinajstić information content (AvgIpc) is 3.39. The van der Waals surface area contributed by atoms with E-state index in [9.17, 15) is 23.5 Å². The predicted molar refractivity (Wildman–Crippen MR) is 158 cm³/mol. The van der Waals surface area contributed by atoms with Crippen molar-refractivity contribution in [3.63, 3.8) is 0 Å². The lowest BCUT2D eigenvalue weighted by molar-refractivity contribution is 0.0697. The van der Waals surface area contributed by atoms with Crippen molar-refractivity contribution in [3.05, 3.63) is 106 Å². The van der Waals surface area contributed by atoms with Crippen molar-refractivity contribution in [2.75, 3.05) is 7.11 Å². The minimum absolute atomic E-state index is 0.0425. The second-order valence-corrected chi connectivity index (χ2v) is 10.4. The molecule has 1 unspecified atom stereocenters. The number of H-pyrrole nitrogens is 1. The number of aromatic carboxylic acids is 1. The second kappa shape index (κ2) is 12.1. The van der Waals surface area contributed by atoms with E-state index in [4.69, 9.17) is 16.3 Å². The second-order valence-electron chi connectivity index (χ2n) is 9.98. The molecule has 0 saturated heterocycles. The van der Waals surface area contributed by atoms with Crippen LogP contribution in [0.4, 0.5) is 8.78 Å². The maximum absolute atomic E-state index is 14.3. The molecule has 1 atom stereocenters. The number of rotatable bonds is 10. The van der Waals surface area contributed by atoms with Crippen LogP contribution in [0.2, 0.25) is 5.02 Å². The van der Waals surface area contributed by atoms with E-state index in [-0.39, 0.29) is 45.8 Å². The van der Waals surface area contributed by atoms with Gasteiger partial charge in [-0.1, -0.05) is 61.3 Å². The number of nitrogens with one attached hydrogen (secondary N) is 1. The van der Waals surface area contributed by atoms with Crippen molar-refractivity contribution in [1.29, 1.82) is 0 Å². The summed E-state index contributed by atoms with van der Waals surface area (Å²) in [5.41, 5.74) is 3.08. The average molecular weight is 589 g/mol. The van der Waals surface area contributed by atoms with Crippen LogP contribution < -0.4 is 4.74 Å². The molecule has 0 fully saturated rings. The van der Waals surface area contributed by atoms with Crippen LogP contribution in [0.25, 0.3) is 33.5 Å². The van der Waals surface area contributed by atoms with E-state index in [0.29, 0.717) is 33.5 Å². The summed E-state index contributed by atoms with van der Waals surface area (Å²) in [6.45, 7) is 2.01. The van der Waals surface area contributed by atoms with Crippen LogP contribution in [0.15, 0.2) is 72.8 Å². The summed E-state index contributed by atoms with van der Waals surface area (Å²) in [5, 5.41) is 10.5. The molecule has 5 aromatic rings. The van der Waals surface area contributed by atoms with Gasteiger partial charge >= 0.3 is 5.97 Å². The van der Waals surface area contributed by atoms with E-state index in [1.807, 2.05) is 6.92 Å². The number of hydrogen-bond acceptors (Lipinski definition) is 4. The highest BCUT2D eigenvalue weighted by atomic mass is 35.5. The number of fused-ring (bicyclic) bond motifs is 1. The lowest BCUT2D eigenvalue weighted by atomic mass is 9.87. The molecular weight excluding hydrogens is 562 g/mol. The summed E-state index contributed by atoms with van der Waals surface area (Å²) >= 11 is 6.64. The van der Waals surface area contributed by atoms with E-state index in [1.165, 1.54) is 37.4 Å². The number of aromatic nitrogens is 2. The van der Waals surface area contributed by atoms with E-state index in [2.05, 4.69) is 9.97 Å². The predicted octanol–water partition coefficient (Wildman–Crippen LogP) is 8.69. The highest BCUT2D eigenvalue weighted by Gasteiger charge is 2.23. The number of methoxy groups -OCH3 is 1. The summed E-state index contributed by atoms with van der Waals surface area (Å²) in [6, 6.07) is 18.4. The fourth-order valence-electron chi connectivity index (χ4n) is 5.21. The lowest BCUT2D eigenvalue weighted by Gasteiger charge is -2.17. The van der Waals surface area contributed by atoms with Crippen molar-refractivity contribution in [1.82, 2.24) is 9.97 Å². The SMILES string of the molecule is CCCC(CC(=O)c1ccc(-c2c(Cl)cccc2-c2nc3cc(OC)c(F)cc3[nH]2)c(C(=O)O)c1)c1ccc(F)cc1. The third kappa shape index (κ3) is 5.76. The number of ketones is 1. The summed E-state index contributed by atoms with van der Waals surface area (Å²) in [7, 11) is 1.36. The van der Waals surface area contributed by atoms with Crippen LogP contribution in [-0.2, 0) is 0 Å². The van der Waals surface area contributed by atoms with Gasteiger partial charge in [0.2, 0.25) is 0 Å². The van der Waals surface area contributed by atoms with E-state index in [0.717, 1.165) is 18.4 Å². The van der Waals surface area contributed by atoms with Crippen molar-refractivity contribution in [2.24, 2.45) is 0 Å². The number of Topliss-reactive ketones (excluding diaryl/α,β-unsaturated/α-hetero) is 1. The maximum atomic E-state index is 14.3. The fraction of sp³-hybridized carbons (Fsp3) is 0.182. The number of benzene rings is 4. The third-order valence-electron chi connectivity index (χ3n) is 7.28. The zero-order valence-corrected chi connectivity index (χ0v) is 23.6. The van der Waals surface area contributed by atoms with Gasteiger partial charge in [-0.15, -0.1) is 0 Å². The van der Waals surface area contributed by atoms with Gasteiger partial charge in [0.15, 0.2) is 17.3 Å². The first kappa shape index (κ1) is 29.0. The summed E-state index contributed by atoms with van der Waals surface area (Å²) in [5.74, 6) is -2.10. The quantitative estimate of drug-likeness (QED) is 0.159. The Labute approximate surface area is 245 Å². The van der Waals surface area contributed by atoms with Crippen LogP contribution >= 0.6 is 11.6 Å². The molecule has 0 bridgehead atoms. The van der Waals surface area contributed by atoms with Crippen molar-refractivity contribution >= 4 is 34.4 Å². The van der Waals surface area contributed by atoms with E-state index < -0.39 is 11.8 Å². The monoisotopic (exact) mass is 588 g/mol. The van der Waals surface area contributed by atoms with Gasteiger partial charge in [-0.2, -0.15) is 0 Å². The van der Waals surface area contributed by atoms with Gasteiger partial charge < -0.3 is 14.8 Å². The zero-order valence-electron chi connectivity index (χ0n) is 22.9. The summed E-state index contributed by atoms with van der Waals surface area (Å²) in [4.78, 5) is 33.5. The van der Waals surface area contributed by atoms with Crippen molar-refractivity contribution < 1.29 is 28.2 Å². The minimum Gasteiger partial charge on any atom is -0.494 e. The van der Waals surface area contributed by atoms with Crippen LogP contribution in [0, 0.1) is 11.6 Å². The van der Waals surface area contributed by atoms with Gasteiger partial charge in [-0.25, -0.2) is 18.6 Å². The number of carbonyl (C=O) groups is 2. The first-order valence-corrected chi connectivity index (χ1v) is 13.8. The Kier molecular flexibility index (Phi) is 8.36. The molecule has 9 heteroatoms. The lowest BCUT2D eigenvalue weighted by Crippen LogP contribution is -2.10. The van der Waals surface area contributed by atoms with Gasteiger partial charge in [0, 0.05) is 40.3 Å². The number of hydrogen-bond donors (Lipinski definition) is 2. The number of carbonyl (C=O) groups excluding carboxylic acids is 1. The highest BCUT2D eigenvalue weighted by Crippen LogP contribution is 2.40. The Balaban J connectivity index is 1.55. The molecule has 0 aliphatic carbocycles. The molecule has 0 radical (unpaired) electrons. The van der Waals surface area contributed by atoms with Crippen molar-refractivity contribution in [2.45, 2.75) is 32.1 Å². The van der Waals surface area contributed by atoms with Gasteiger partial charge in [0.05, 0.1) is 23.7 Å². The summed E-state index contributed by atoms with van der Waals surface area (Å²) < 4.78 is 32.8. The Morgan fingerprint density at radius 2 is 1.79 bits per heavy atom. The van der Waals surface area contributed by atoms with Crippen LogP contribution in [0.1, 0.15) is 58.4 Å². The molecule has 0 amide bonds. The number of aromatic amines is 1. The molecule has 5 rings (SSSR count). The first-order valence-electron chi connectivity index (χ1n) is 13.4. The minimum atomic E-state index is -1.23. The molecule has 42 heavy (non-hydrogen) atoms. The van der Waals surface area contributed by atoms with Crippen molar-refractivity contribution in [3.8, 4) is 28.3 Å². The normalized spacial score (nSPS) is 11.9. The van der Waals surface area contributed by atoms with Crippen LogP contribution in [-0.4, -0.2) is 33.9 Å². The molecule has 0 aliphatic heterocycles. The molecule has 1 aromatic heterocycles. The number of nitrogens with zero attached hydrogens (tertiary/aromatic N) is 1. The molecule has 0 aliphatic rings. The van der Waals surface area contributed by atoms with Gasteiger partial charge in [-0.05, 0) is 47.7 Å². The molecule has 214 valence electrons. The first-order chi connectivity index (χ1) is 20.2. The topological polar surface area (TPSA) is 92.3 Å². The number of ether oxygens (including phenoxy) is 1. The van der Waals surface area contributed by atoms with E-state index in [1.54, 1.807) is 42.5 Å². The van der Waals surface area contributed by atoms with Gasteiger partial charge in [0.25, 0.3) is 0 Å². The number of carboxylic acids is 1. The van der Waals surface area contributed by atoms with E-state index >= 15 is 0 Å². The third-order valence-corrected chi connectivity index (χ3v) is 7.59. The number of imidazole rings is 1. The van der Waals surface area contributed by atoms with Crippen LogP contribution in [0.3, 0.4) is 0 Å². The summed E-state index contributed by atoms with van der Waals surface area (Å²) in [6.07, 6.45) is 1.69. The molecule has 0 saturated carbocycles. The van der Waals surface area contributed by atoms with Gasteiger partial charge in [0.1, 0.15) is 11.6 Å².